The molecular weight excluding hydrogens is 303 g/mol. The van der Waals surface area contributed by atoms with Crippen LogP contribution in [-0.4, -0.2) is 65.7 Å². The number of halogens is 3. The molecule has 5 nitrogen and oxygen atoms in total. The van der Waals surface area contributed by atoms with Gasteiger partial charge in [0.05, 0.1) is 12.7 Å². The van der Waals surface area contributed by atoms with E-state index in [0.717, 1.165) is 32.1 Å². The Morgan fingerprint density at radius 3 is 2.36 bits per heavy atom. The standard InChI is InChI=1S/C12H21NO2.C2HF3O2/c14-12-3-1-2-9-6-13(7-11(9)12)10-4-5-15-8-10;3-2(4,5)1(6)7/h9-12,14H,1-8H2;(H,6,7)/t9-,10?,11+,12?;/m0./s1. The van der Waals surface area contributed by atoms with Crippen LogP contribution in [0.2, 0.25) is 0 Å². The van der Waals surface area contributed by atoms with Crippen LogP contribution >= 0.6 is 0 Å². The van der Waals surface area contributed by atoms with Crippen LogP contribution in [0.1, 0.15) is 25.7 Å². The largest absolute Gasteiger partial charge is 0.490 e. The number of nitrogens with zero attached hydrogens (tertiary/aromatic N) is 1. The predicted octanol–water partition coefficient (Wildman–Crippen LogP) is 1.50. The summed E-state index contributed by atoms with van der Waals surface area (Å²) in [5.74, 6) is -1.44. The Labute approximate surface area is 127 Å². The van der Waals surface area contributed by atoms with E-state index in [0.29, 0.717) is 12.0 Å². The van der Waals surface area contributed by atoms with E-state index < -0.39 is 12.1 Å². The van der Waals surface area contributed by atoms with Crippen molar-refractivity contribution in [1.82, 2.24) is 4.90 Å². The van der Waals surface area contributed by atoms with Gasteiger partial charge in [-0.3, -0.25) is 4.90 Å². The van der Waals surface area contributed by atoms with Crippen LogP contribution in [-0.2, 0) is 9.53 Å². The number of likely N-dealkylation sites (tertiary alicyclic amines) is 1. The van der Waals surface area contributed by atoms with Crippen LogP contribution in [0.15, 0.2) is 0 Å². The third-order valence-corrected chi connectivity index (χ3v) is 4.75. The number of aliphatic hydroxyl groups is 1. The third kappa shape index (κ3) is 4.33. The molecule has 0 aromatic heterocycles. The average Bonchev–Trinajstić information content (AvgIpc) is 3.07. The molecule has 0 spiro atoms. The number of carbonyl (C=O) groups is 1. The van der Waals surface area contributed by atoms with E-state index in [1.807, 2.05) is 0 Å². The van der Waals surface area contributed by atoms with Crippen molar-refractivity contribution in [2.75, 3.05) is 26.3 Å². The van der Waals surface area contributed by atoms with Gasteiger partial charge >= 0.3 is 12.1 Å². The van der Waals surface area contributed by atoms with Gasteiger partial charge in [-0.05, 0) is 25.2 Å². The summed E-state index contributed by atoms with van der Waals surface area (Å²) in [7, 11) is 0. The lowest BCUT2D eigenvalue weighted by atomic mass is 9.80. The summed E-state index contributed by atoms with van der Waals surface area (Å²) in [5, 5.41) is 17.1. The van der Waals surface area contributed by atoms with Crippen molar-refractivity contribution in [1.29, 1.82) is 0 Å². The lowest BCUT2D eigenvalue weighted by Crippen LogP contribution is -2.35. The summed E-state index contributed by atoms with van der Waals surface area (Å²) in [4.78, 5) is 11.5. The van der Waals surface area contributed by atoms with Gasteiger partial charge in [0.15, 0.2) is 0 Å². The van der Waals surface area contributed by atoms with Crippen molar-refractivity contribution < 1.29 is 32.9 Å². The Kier molecular flexibility index (Phi) is 5.68. The van der Waals surface area contributed by atoms with Gasteiger partial charge in [0.2, 0.25) is 0 Å². The maximum absolute atomic E-state index is 10.6. The number of hydrogen-bond acceptors (Lipinski definition) is 4. The summed E-state index contributed by atoms with van der Waals surface area (Å²) in [6.07, 6.45) is -0.356. The molecule has 2 unspecified atom stereocenters. The average molecular weight is 325 g/mol. The highest BCUT2D eigenvalue weighted by molar-refractivity contribution is 5.73. The van der Waals surface area contributed by atoms with E-state index >= 15 is 0 Å². The molecule has 2 aliphatic heterocycles. The minimum absolute atomic E-state index is 0.0314. The molecule has 1 aliphatic carbocycles. The maximum Gasteiger partial charge on any atom is 0.490 e. The van der Waals surface area contributed by atoms with E-state index in [-0.39, 0.29) is 6.10 Å². The Bertz CT molecular complexity index is 385. The zero-order chi connectivity index (χ0) is 16.3. The molecule has 22 heavy (non-hydrogen) atoms. The number of hydrogen-bond donors (Lipinski definition) is 2. The van der Waals surface area contributed by atoms with Crippen molar-refractivity contribution >= 4 is 5.97 Å². The number of alkyl halides is 3. The van der Waals surface area contributed by atoms with Crippen molar-refractivity contribution in [3.05, 3.63) is 0 Å². The molecule has 2 heterocycles. The summed E-state index contributed by atoms with van der Waals surface area (Å²) < 4.78 is 37.2. The molecule has 0 aromatic carbocycles. The zero-order valence-electron chi connectivity index (χ0n) is 12.3. The van der Waals surface area contributed by atoms with Gasteiger partial charge < -0.3 is 14.9 Å². The molecule has 0 bridgehead atoms. The topological polar surface area (TPSA) is 70.0 Å². The smallest absolute Gasteiger partial charge is 0.475 e. The first-order valence-electron chi connectivity index (χ1n) is 7.59. The Morgan fingerprint density at radius 1 is 1.18 bits per heavy atom. The summed E-state index contributed by atoms with van der Waals surface area (Å²) in [6.45, 7) is 4.16. The first kappa shape index (κ1) is 17.5. The first-order valence-corrected chi connectivity index (χ1v) is 7.59. The van der Waals surface area contributed by atoms with E-state index in [9.17, 15) is 18.3 Å². The third-order valence-electron chi connectivity index (χ3n) is 4.75. The minimum atomic E-state index is -5.08. The molecule has 4 atom stereocenters. The maximum atomic E-state index is 10.6. The second-order valence-electron chi connectivity index (χ2n) is 6.20. The number of aliphatic hydroxyl groups excluding tert-OH is 1. The van der Waals surface area contributed by atoms with Crippen molar-refractivity contribution in [3.63, 3.8) is 0 Å². The Hall–Kier alpha value is -0.860. The van der Waals surface area contributed by atoms with Gasteiger partial charge in [-0.1, -0.05) is 6.42 Å². The molecule has 0 amide bonds. The van der Waals surface area contributed by atoms with Crippen LogP contribution in [0.5, 0.6) is 0 Å². The van der Waals surface area contributed by atoms with Gasteiger partial charge in [-0.15, -0.1) is 0 Å². The number of carboxylic acids is 1. The molecule has 0 aromatic rings. The number of aliphatic carboxylic acids is 1. The lowest BCUT2D eigenvalue weighted by Gasteiger charge is -2.29. The summed E-state index contributed by atoms with van der Waals surface area (Å²) >= 11 is 0. The number of rotatable bonds is 1. The van der Waals surface area contributed by atoms with Gasteiger partial charge in [0.25, 0.3) is 0 Å². The second-order valence-corrected chi connectivity index (χ2v) is 6.20. The molecular formula is C14H22F3NO4. The van der Waals surface area contributed by atoms with Crippen molar-refractivity contribution in [2.24, 2.45) is 11.8 Å². The molecule has 3 aliphatic rings. The van der Waals surface area contributed by atoms with Crippen LogP contribution in [0.4, 0.5) is 13.2 Å². The normalized spacial score (nSPS) is 35.6. The second kappa shape index (κ2) is 7.14. The highest BCUT2D eigenvalue weighted by atomic mass is 19.4. The summed E-state index contributed by atoms with van der Waals surface area (Å²) in [5.41, 5.74) is 0. The SMILES string of the molecule is O=C(O)C(F)(F)F.OC1CCC[C@H]2CN(C3CCOC3)C[C@@H]12. The van der Waals surface area contributed by atoms with Gasteiger partial charge in [-0.25, -0.2) is 4.79 Å². The number of ether oxygens (including phenoxy) is 1. The van der Waals surface area contributed by atoms with Crippen molar-refractivity contribution in [2.45, 2.75) is 44.0 Å². The zero-order valence-corrected chi connectivity index (χ0v) is 12.3. The molecule has 2 saturated heterocycles. The molecule has 1 saturated carbocycles. The quantitative estimate of drug-likeness (QED) is 0.765. The Balaban J connectivity index is 0.000000217. The van der Waals surface area contributed by atoms with E-state index in [2.05, 4.69) is 4.90 Å². The van der Waals surface area contributed by atoms with E-state index in [1.165, 1.54) is 25.8 Å². The monoisotopic (exact) mass is 325 g/mol. The molecule has 8 heteroatoms. The number of fused-ring (bicyclic) bond motifs is 1. The lowest BCUT2D eigenvalue weighted by molar-refractivity contribution is -0.192. The van der Waals surface area contributed by atoms with Crippen molar-refractivity contribution in [3.8, 4) is 0 Å². The molecule has 3 rings (SSSR count). The van der Waals surface area contributed by atoms with E-state index in [4.69, 9.17) is 14.6 Å². The Morgan fingerprint density at radius 2 is 1.86 bits per heavy atom. The fourth-order valence-corrected chi connectivity index (χ4v) is 3.58. The highest BCUT2D eigenvalue weighted by Crippen LogP contribution is 2.37. The molecule has 2 N–H and O–H groups in total. The van der Waals surface area contributed by atoms with Gasteiger partial charge in [-0.2, -0.15) is 13.2 Å². The molecule has 0 radical (unpaired) electrons. The summed E-state index contributed by atoms with van der Waals surface area (Å²) in [6, 6.07) is 0.641. The molecule has 128 valence electrons. The van der Waals surface area contributed by atoms with Gasteiger partial charge in [0.1, 0.15) is 0 Å². The van der Waals surface area contributed by atoms with Crippen LogP contribution < -0.4 is 0 Å². The fourth-order valence-electron chi connectivity index (χ4n) is 3.58. The van der Waals surface area contributed by atoms with Crippen LogP contribution in [0.3, 0.4) is 0 Å². The van der Waals surface area contributed by atoms with E-state index in [1.54, 1.807) is 0 Å². The molecule has 3 fully saturated rings. The minimum Gasteiger partial charge on any atom is -0.475 e. The number of carboxylic acid groups (broad SMARTS) is 1. The fraction of sp³-hybridized carbons (Fsp3) is 0.929. The van der Waals surface area contributed by atoms with Crippen LogP contribution in [0, 0.1) is 11.8 Å². The predicted molar refractivity (Wildman–Crippen MR) is 71.3 cm³/mol. The highest BCUT2D eigenvalue weighted by Gasteiger charge is 2.42. The van der Waals surface area contributed by atoms with Crippen LogP contribution in [0.25, 0.3) is 0 Å². The first-order chi connectivity index (χ1) is 10.3. The van der Waals surface area contributed by atoms with Gasteiger partial charge in [0, 0.05) is 31.7 Å².